The average Bonchev–Trinajstić information content (AvgIpc) is 2.31. The molecule has 16 heavy (non-hydrogen) atoms. The van der Waals surface area contributed by atoms with Crippen LogP contribution >= 0.6 is 11.8 Å². The summed E-state index contributed by atoms with van der Waals surface area (Å²) >= 11 is 1.59. The van der Waals surface area contributed by atoms with Crippen LogP contribution in [0.5, 0.6) is 0 Å². The summed E-state index contributed by atoms with van der Waals surface area (Å²) in [5.74, 6) is 0. The molecule has 0 aliphatic rings. The molecule has 1 aromatic heterocycles. The van der Waals surface area contributed by atoms with Gasteiger partial charge < -0.3 is 0 Å². The second kappa shape index (κ2) is 4.82. The number of hydrogen-bond donors (Lipinski definition) is 0. The van der Waals surface area contributed by atoms with Crippen LogP contribution in [0.4, 0.5) is 0 Å². The number of nitrogens with zero attached hydrogens (tertiary/aromatic N) is 2. The smallest absolute Gasteiger partial charge is 0.100 e. The first-order valence-electron chi connectivity index (χ1n) is 4.88. The Morgan fingerprint density at radius 3 is 2.62 bits per heavy atom. The Morgan fingerprint density at radius 1 is 1.19 bits per heavy atom. The average molecular weight is 226 g/mol. The number of pyridine rings is 1. The van der Waals surface area contributed by atoms with Crippen molar-refractivity contribution in [3.05, 3.63) is 53.9 Å². The SMILES string of the molecule is Cc1ccc(C#N)c(Sc2ccncc2)c1. The topological polar surface area (TPSA) is 36.7 Å². The molecule has 2 nitrogen and oxygen atoms in total. The van der Waals surface area contributed by atoms with E-state index in [-0.39, 0.29) is 0 Å². The van der Waals surface area contributed by atoms with Gasteiger partial charge in [0.2, 0.25) is 0 Å². The van der Waals surface area contributed by atoms with Crippen molar-refractivity contribution in [3.63, 3.8) is 0 Å². The first kappa shape index (κ1) is 10.7. The molecule has 0 N–H and O–H groups in total. The normalized spacial score (nSPS) is 9.75. The molecule has 0 amide bonds. The second-order valence-corrected chi connectivity index (χ2v) is 4.51. The molecule has 0 aliphatic carbocycles. The van der Waals surface area contributed by atoms with Crippen LogP contribution in [0.3, 0.4) is 0 Å². The molecule has 0 radical (unpaired) electrons. The Balaban J connectivity index is 2.35. The molecule has 0 unspecified atom stereocenters. The molecule has 78 valence electrons. The molecule has 2 aromatic rings. The van der Waals surface area contributed by atoms with Gasteiger partial charge in [-0.3, -0.25) is 4.98 Å². The van der Waals surface area contributed by atoms with E-state index < -0.39 is 0 Å². The van der Waals surface area contributed by atoms with Crippen LogP contribution in [0.15, 0.2) is 52.5 Å². The molecule has 1 aromatic carbocycles. The van der Waals surface area contributed by atoms with E-state index in [0.717, 1.165) is 15.4 Å². The Bertz CT molecular complexity index is 529. The van der Waals surface area contributed by atoms with E-state index >= 15 is 0 Å². The fourth-order valence-corrected chi connectivity index (χ4v) is 2.32. The van der Waals surface area contributed by atoms with Crippen LogP contribution < -0.4 is 0 Å². The van der Waals surface area contributed by atoms with Crippen LogP contribution in [0.2, 0.25) is 0 Å². The summed E-state index contributed by atoms with van der Waals surface area (Å²) in [6, 6.07) is 11.9. The molecule has 2 rings (SSSR count). The van der Waals surface area contributed by atoms with Gasteiger partial charge in [0.1, 0.15) is 6.07 Å². The predicted molar refractivity (Wildman–Crippen MR) is 64.3 cm³/mol. The van der Waals surface area contributed by atoms with E-state index in [2.05, 4.69) is 11.1 Å². The largest absolute Gasteiger partial charge is 0.265 e. The Hall–Kier alpha value is -1.79. The van der Waals surface area contributed by atoms with Gasteiger partial charge >= 0.3 is 0 Å². The van der Waals surface area contributed by atoms with Crippen LogP contribution in [-0.4, -0.2) is 4.98 Å². The maximum atomic E-state index is 9.01. The molecule has 0 atom stereocenters. The van der Waals surface area contributed by atoms with Gasteiger partial charge in [0, 0.05) is 22.2 Å². The number of benzene rings is 1. The lowest BCUT2D eigenvalue weighted by atomic mass is 10.2. The van der Waals surface area contributed by atoms with Gasteiger partial charge in [0.05, 0.1) is 5.56 Å². The van der Waals surface area contributed by atoms with Crippen LogP contribution in [0.1, 0.15) is 11.1 Å². The molecular weight excluding hydrogens is 216 g/mol. The molecule has 3 heteroatoms. The lowest BCUT2D eigenvalue weighted by Crippen LogP contribution is -1.83. The van der Waals surface area contributed by atoms with Gasteiger partial charge in [-0.15, -0.1) is 0 Å². The van der Waals surface area contributed by atoms with E-state index in [0.29, 0.717) is 5.56 Å². The highest BCUT2D eigenvalue weighted by Crippen LogP contribution is 2.30. The molecular formula is C13H10N2S. The standard InChI is InChI=1S/C13H10N2S/c1-10-2-3-11(9-14)13(8-10)16-12-4-6-15-7-5-12/h2-8H,1H3. The molecule has 0 saturated heterocycles. The zero-order valence-electron chi connectivity index (χ0n) is 8.84. The number of aryl methyl sites for hydroxylation is 1. The highest BCUT2D eigenvalue weighted by molar-refractivity contribution is 7.99. The molecule has 0 aliphatic heterocycles. The summed E-state index contributed by atoms with van der Waals surface area (Å²) in [7, 11) is 0. The Labute approximate surface area is 99.0 Å². The lowest BCUT2D eigenvalue weighted by molar-refractivity contribution is 1.25. The van der Waals surface area contributed by atoms with Crippen molar-refractivity contribution in [2.45, 2.75) is 16.7 Å². The van der Waals surface area contributed by atoms with Gasteiger partial charge in [0.15, 0.2) is 0 Å². The van der Waals surface area contributed by atoms with Crippen molar-refractivity contribution < 1.29 is 0 Å². The second-order valence-electron chi connectivity index (χ2n) is 3.40. The maximum Gasteiger partial charge on any atom is 0.100 e. The number of hydrogen-bond acceptors (Lipinski definition) is 3. The van der Waals surface area contributed by atoms with Gasteiger partial charge in [-0.2, -0.15) is 5.26 Å². The zero-order valence-corrected chi connectivity index (χ0v) is 9.66. The van der Waals surface area contributed by atoms with Crippen LogP contribution in [0.25, 0.3) is 0 Å². The summed E-state index contributed by atoms with van der Waals surface area (Å²) in [6.07, 6.45) is 3.51. The number of rotatable bonds is 2. The first-order chi connectivity index (χ1) is 7.79. The van der Waals surface area contributed by atoms with E-state index in [1.165, 1.54) is 0 Å². The van der Waals surface area contributed by atoms with Crippen LogP contribution in [-0.2, 0) is 0 Å². The highest BCUT2D eigenvalue weighted by atomic mass is 32.2. The molecule has 0 bridgehead atoms. The molecule has 1 heterocycles. The minimum atomic E-state index is 0.715. The fourth-order valence-electron chi connectivity index (χ4n) is 1.34. The van der Waals surface area contributed by atoms with E-state index in [1.54, 1.807) is 24.2 Å². The Morgan fingerprint density at radius 2 is 1.94 bits per heavy atom. The molecule has 0 fully saturated rings. The van der Waals surface area contributed by atoms with Crippen molar-refractivity contribution in [2.75, 3.05) is 0 Å². The van der Waals surface area contributed by atoms with E-state index in [4.69, 9.17) is 5.26 Å². The summed E-state index contributed by atoms with van der Waals surface area (Å²) in [5, 5.41) is 9.01. The maximum absolute atomic E-state index is 9.01. The van der Waals surface area contributed by atoms with Gasteiger partial charge in [-0.05, 0) is 36.8 Å². The molecule has 0 spiro atoms. The van der Waals surface area contributed by atoms with Crippen molar-refractivity contribution in [1.82, 2.24) is 4.98 Å². The fraction of sp³-hybridized carbons (Fsp3) is 0.0769. The minimum absolute atomic E-state index is 0.715. The summed E-state index contributed by atoms with van der Waals surface area (Å²) < 4.78 is 0. The van der Waals surface area contributed by atoms with Gasteiger partial charge in [-0.25, -0.2) is 0 Å². The number of aromatic nitrogens is 1. The third-order valence-electron chi connectivity index (χ3n) is 2.14. The quantitative estimate of drug-likeness (QED) is 0.787. The zero-order chi connectivity index (χ0) is 11.4. The monoisotopic (exact) mass is 226 g/mol. The van der Waals surface area contributed by atoms with E-state index in [9.17, 15) is 0 Å². The van der Waals surface area contributed by atoms with Crippen LogP contribution in [0, 0.1) is 18.3 Å². The van der Waals surface area contributed by atoms with Crippen molar-refractivity contribution >= 4 is 11.8 Å². The third-order valence-corrected chi connectivity index (χ3v) is 3.20. The third kappa shape index (κ3) is 2.41. The Kier molecular flexibility index (Phi) is 3.23. The summed E-state index contributed by atoms with van der Waals surface area (Å²) in [6.45, 7) is 2.03. The van der Waals surface area contributed by atoms with E-state index in [1.807, 2.05) is 37.3 Å². The van der Waals surface area contributed by atoms with Crippen molar-refractivity contribution in [3.8, 4) is 6.07 Å². The van der Waals surface area contributed by atoms with Gasteiger partial charge in [-0.1, -0.05) is 17.8 Å². The summed E-state index contributed by atoms with van der Waals surface area (Å²) in [4.78, 5) is 6.06. The lowest BCUT2D eigenvalue weighted by Gasteiger charge is -2.04. The number of nitriles is 1. The summed E-state index contributed by atoms with van der Waals surface area (Å²) in [5.41, 5.74) is 1.88. The van der Waals surface area contributed by atoms with Crippen molar-refractivity contribution in [1.29, 1.82) is 5.26 Å². The van der Waals surface area contributed by atoms with Crippen molar-refractivity contribution in [2.24, 2.45) is 0 Å². The van der Waals surface area contributed by atoms with Gasteiger partial charge in [0.25, 0.3) is 0 Å². The highest BCUT2D eigenvalue weighted by Gasteiger charge is 2.04. The molecule has 0 saturated carbocycles. The predicted octanol–water partition coefficient (Wildman–Crippen LogP) is 3.41. The first-order valence-corrected chi connectivity index (χ1v) is 5.70. The minimum Gasteiger partial charge on any atom is -0.265 e.